The smallest absolute Gasteiger partial charge is 0.277 e. The van der Waals surface area contributed by atoms with E-state index < -0.39 is 10.2 Å². The lowest BCUT2D eigenvalue weighted by Crippen LogP contribution is -2.52. The fraction of sp³-hybridized carbons (Fsp3) is 0.348. The molecule has 2 heterocycles. The van der Waals surface area contributed by atoms with Gasteiger partial charge in [-0.3, -0.25) is 0 Å². The molecule has 1 aliphatic heterocycles. The predicted octanol–water partition coefficient (Wildman–Crippen LogP) is 2.98. The molecule has 2 N–H and O–H groups in total. The topological polar surface area (TPSA) is 76.0 Å². The van der Waals surface area contributed by atoms with Crippen LogP contribution in [0.3, 0.4) is 0 Å². The van der Waals surface area contributed by atoms with Gasteiger partial charge in [-0.2, -0.15) is 13.1 Å². The molecule has 1 saturated carbocycles. The molecule has 6 rings (SSSR count). The second-order valence-corrected chi connectivity index (χ2v) is 10.5. The maximum atomic E-state index is 13.2. The molecule has 2 fully saturated rings. The van der Waals surface area contributed by atoms with Crippen molar-refractivity contribution in [2.24, 2.45) is 11.8 Å². The average molecular weight is 439 g/mol. The van der Waals surface area contributed by atoms with Crippen LogP contribution in [0.1, 0.15) is 24.0 Å². The van der Waals surface area contributed by atoms with E-state index >= 15 is 0 Å². The third kappa shape index (κ3) is 3.12. The second kappa shape index (κ2) is 6.72. The van der Waals surface area contributed by atoms with Gasteiger partial charge in [0, 0.05) is 24.0 Å². The number of benzene rings is 2. The highest BCUT2D eigenvalue weighted by atomic mass is 32.2. The van der Waals surface area contributed by atoms with Crippen molar-refractivity contribution in [3.63, 3.8) is 0 Å². The average Bonchev–Trinajstić information content (AvgIpc) is 3.40. The summed E-state index contributed by atoms with van der Waals surface area (Å²) in [6.45, 7) is 0.480. The van der Waals surface area contributed by atoms with Crippen LogP contribution < -0.4 is 9.44 Å². The van der Waals surface area contributed by atoms with E-state index in [0.29, 0.717) is 12.5 Å². The Morgan fingerprint density at radius 3 is 2.48 bits per heavy atom. The number of imidazole rings is 1. The first-order valence-corrected chi connectivity index (χ1v) is 12.1. The Bertz CT molecular complexity index is 1270. The van der Waals surface area contributed by atoms with Gasteiger partial charge in [0.25, 0.3) is 10.2 Å². The molecule has 2 aromatic carbocycles. The number of fused-ring (bicyclic) bond motifs is 1. The number of aromatic nitrogens is 2. The SMILES string of the molecule is O=S1(=O)NC[C@@]2(N1)[C@@H]1CC[C@H]2Cc2cc(-c3cn(-c4ccc(F)cc4)cn3)ccc2C1. The van der Waals surface area contributed by atoms with Gasteiger partial charge in [0.05, 0.1) is 17.6 Å². The minimum atomic E-state index is -3.40. The first kappa shape index (κ1) is 19.2. The van der Waals surface area contributed by atoms with Crippen LogP contribution in [0.25, 0.3) is 16.9 Å². The van der Waals surface area contributed by atoms with Crippen LogP contribution >= 0.6 is 0 Å². The molecule has 3 aliphatic rings. The molecule has 0 amide bonds. The van der Waals surface area contributed by atoms with Crippen LogP contribution in [0.5, 0.6) is 0 Å². The van der Waals surface area contributed by atoms with Crippen molar-refractivity contribution in [3.8, 4) is 16.9 Å². The highest BCUT2D eigenvalue weighted by Crippen LogP contribution is 2.49. The predicted molar refractivity (Wildman–Crippen MR) is 115 cm³/mol. The molecule has 3 atom stereocenters. The summed E-state index contributed by atoms with van der Waals surface area (Å²) >= 11 is 0. The second-order valence-electron chi connectivity index (χ2n) is 8.97. The fourth-order valence-corrected chi connectivity index (χ4v) is 7.15. The van der Waals surface area contributed by atoms with E-state index in [1.807, 2.05) is 10.8 Å². The molecule has 0 unspecified atom stereocenters. The Balaban J connectivity index is 1.32. The zero-order valence-electron chi connectivity index (χ0n) is 16.9. The lowest BCUT2D eigenvalue weighted by Gasteiger charge is -2.33. The quantitative estimate of drug-likeness (QED) is 0.646. The molecule has 31 heavy (non-hydrogen) atoms. The summed E-state index contributed by atoms with van der Waals surface area (Å²) < 4.78 is 45.0. The highest BCUT2D eigenvalue weighted by Gasteiger charge is 2.56. The van der Waals surface area contributed by atoms with Crippen LogP contribution in [-0.4, -0.2) is 30.1 Å². The summed E-state index contributed by atoms with van der Waals surface area (Å²) in [6.07, 6.45) is 7.54. The van der Waals surface area contributed by atoms with Gasteiger partial charge in [-0.05, 0) is 79.0 Å². The lowest BCUT2D eigenvalue weighted by molar-refractivity contribution is 0.245. The van der Waals surface area contributed by atoms with Gasteiger partial charge in [-0.25, -0.2) is 14.1 Å². The Kier molecular flexibility index (Phi) is 4.15. The number of nitrogens with zero attached hydrogens (tertiary/aromatic N) is 2. The normalized spacial score (nSPS) is 28.5. The molecular formula is C23H23FN4O2S. The molecule has 8 heteroatoms. The van der Waals surface area contributed by atoms with E-state index in [4.69, 9.17) is 0 Å². The zero-order valence-corrected chi connectivity index (χ0v) is 17.7. The molecule has 1 spiro atoms. The first-order chi connectivity index (χ1) is 14.9. The Morgan fingerprint density at radius 1 is 1.03 bits per heavy atom. The van der Waals surface area contributed by atoms with Crippen molar-refractivity contribution in [2.45, 2.75) is 31.2 Å². The summed E-state index contributed by atoms with van der Waals surface area (Å²) in [6, 6.07) is 12.8. The number of hydrogen-bond acceptors (Lipinski definition) is 3. The molecular weight excluding hydrogens is 415 g/mol. The third-order valence-electron chi connectivity index (χ3n) is 7.34. The van der Waals surface area contributed by atoms with Crippen molar-refractivity contribution < 1.29 is 12.8 Å². The Labute approximate surface area is 180 Å². The first-order valence-electron chi connectivity index (χ1n) is 10.6. The van der Waals surface area contributed by atoms with E-state index in [9.17, 15) is 12.8 Å². The van der Waals surface area contributed by atoms with Crippen LogP contribution in [0.4, 0.5) is 4.39 Å². The Morgan fingerprint density at radius 2 is 1.77 bits per heavy atom. The maximum Gasteiger partial charge on any atom is 0.277 e. The maximum absolute atomic E-state index is 13.2. The molecule has 0 radical (unpaired) electrons. The fourth-order valence-electron chi connectivity index (χ4n) is 5.74. The standard InChI is InChI=1S/C23H23FN4O2S/c24-20-5-7-21(8-6-20)28-12-22(25-14-28)16-2-1-15-10-18-3-4-19(11-17(15)9-16)23(18)13-26-31(29,30)27-23/h1-2,5-9,12,14,18-19,26-27H,3-4,10-11,13H2/t18-,19+,23-/m1/s1. The van der Waals surface area contributed by atoms with Crippen LogP contribution in [0.15, 0.2) is 55.0 Å². The van der Waals surface area contributed by atoms with Gasteiger partial charge in [0.15, 0.2) is 0 Å². The summed E-state index contributed by atoms with van der Waals surface area (Å²) in [5.41, 5.74) is 4.97. The van der Waals surface area contributed by atoms with Crippen molar-refractivity contribution >= 4 is 10.2 Å². The summed E-state index contributed by atoms with van der Waals surface area (Å²) in [4.78, 5) is 4.56. The van der Waals surface area contributed by atoms with Crippen molar-refractivity contribution in [1.82, 2.24) is 19.0 Å². The van der Waals surface area contributed by atoms with E-state index in [1.54, 1.807) is 18.5 Å². The van der Waals surface area contributed by atoms with Crippen LogP contribution in [0.2, 0.25) is 0 Å². The van der Waals surface area contributed by atoms with Crippen LogP contribution in [-0.2, 0) is 23.1 Å². The third-order valence-corrected chi connectivity index (χ3v) is 8.51. The summed E-state index contributed by atoms with van der Waals surface area (Å²) in [5, 5.41) is 0. The van der Waals surface area contributed by atoms with E-state index in [-0.39, 0.29) is 17.3 Å². The number of rotatable bonds is 2. The monoisotopic (exact) mass is 438 g/mol. The Hall–Kier alpha value is -2.55. The number of halogens is 1. The van der Waals surface area contributed by atoms with Crippen molar-refractivity contribution in [1.29, 1.82) is 0 Å². The molecule has 2 bridgehead atoms. The van der Waals surface area contributed by atoms with Gasteiger partial charge >= 0.3 is 0 Å². The van der Waals surface area contributed by atoms with E-state index in [1.165, 1.54) is 23.3 Å². The molecule has 1 saturated heterocycles. The minimum Gasteiger partial charge on any atom is -0.306 e. The lowest BCUT2D eigenvalue weighted by atomic mass is 9.80. The van der Waals surface area contributed by atoms with Gasteiger partial charge in [-0.15, -0.1) is 0 Å². The summed E-state index contributed by atoms with van der Waals surface area (Å²) in [7, 11) is -3.40. The van der Waals surface area contributed by atoms with Crippen molar-refractivity contribution in [2.75, 3.05) is 6.54 Å². The molecule has 6 nitrogen and oxygen atoms in total. The van der Waals surface area contributed by atoms with E-state index in [2.05, 4.69) is 32.6 Å². The number of nitrogens with one attached hydrogen (secondary N) is 2. The molecule has 2 aliphatic carbocycles. The molecule has 3 aromatic rings. The number of hydrogen-bond donors (Lipinski definition) is 2. The van der Waals surface area contributed by atoms with Gasteiger partial charge in [0.1, 0.15) is 5.82 Å². The van der Waals surface area contributed by atoms with Gasteiger partial charge < -0.3 is 4.57 Å². The van der Waals surface area contributed by atoms with Crippen molar-refractivity contribution in [3.05, 3.63) is 71.9 Å². The minimum absolute atomic E-state index is 0.262. The highest BCUT2D eigenvalue weighted by molar-refractivity contribution is 7.87. The summed E-state index contributed by atoms with van der Waals surface area (Å²) in [5.74, 6) is 0.337. The largest absolute Gasteiger partial charge is 0.306 e. The zero-order chi connectivity index (χ0) is 21.2. The molecule has 1 aromatic heterocycles. The van der Waals surface area contributed by atoms with Crippen LogP contribution in [0, 0.1) is 17.7 Å². The van der Waals surface area contributed by atoms with Gasteiger partial charge in [0.2, 0.25) is 0 Å². The molecule has 160 valence electrons. The van der Waals surface area contributed by atoms with Gasteiger partial charge in [-0.1, -0.05) is 12.1 Å². The van der Waals surface area contributed by atoms with E-state index in [0.717, 1.165) is 42.6 Å².